The molecule has 4 aliphatic rings. The molecule has 5 nitrogen and oxygen atoms in total. The summed E-state index contributed by atoms with van der Waals surface area (Å²) in [6.45, 7) is 4.29. The lowest BCUT2D eigenvalue weighted by molar-refractivity contribution is -0.120. The number of hydrogen-bond acceptors (Lipinski definition) is 4. The van der Waals surface area contributed by atoms with Crippen molar-refractivity contribution >= 4 is 23.4 Å². The Morgan fingerprint density at radius 1 is 1.16 bits per heavy atom. The number of nitrogens with one attached hydrogen (secondary N) is 1. The minimum absolute atomic E-state index is 0.245. The molecule has 1 aromatic carbocycles. The van der Waals surface area contributed by atoms with E-state index in [4.69, 9.17) is 10.7 Å². The number of hydrogen-bond donors (Lipinski definition) is 2. The number of nitrogens with zero attached hydrogens (tertiary/aromatic N) is 2. The van der Waals surface area contributed by atoms with Crippen LogP contribution in [0.2, 0.25) is 0 Å². The van der Waals surface area contributed by atoms with Gasteiger partial charge in [0.15, 0.2) is 0 Å². The van der Waals surface area contributed by atoms with E-state index in [0.29, 0.717) is 11.9 Å². The quantitative estimate of drug-likeness (QED) is 0.658. The van der Waals surface area contributed by atoms with E-state index in [2.05, 4.69) is 29.3 Å². The lowest BCUT2D eigenvalue weighted by Crippen LogP contribution is -2.43. The van der Waals surface area contributed by atoms with Crippen molar-refractivity contribution in [3.63, 3.8) is 0 Å². The van der Waals surface area contributed by atoms with Crippen LogP contribution in [-0.4, -0.2) is 37.3 Å². The Labute approximate surface area is 192 Å². The highest BCUT2D eigenvalue weighted by Gasteiger charge is 2.39. The molecule has 2 aliphatic carbocycles. The fraction of sp³-hybridized carbons (Fsp3) is 0.630. The molecule has 2 heterocycles. The minimum Gasteiger partial charge on any atom is -0.404 e. The maximum absolute atomic E-state index is 13.2. The van der Waals surface area contributed by atoms with Crippen LogP contribution in [0.5, 0.6) is 0 Å². The molecular weight excluding hydrogens is 396 g/mol. The van der Waals surface area contributed by atoms with Gasteiger partial charge in [0.2, 0.25) is 5.91 Å². The number of rotatable bonds is 6. The molecule has 2 aliphatic heterocycles. The van der Waals surface area contributed by atoms with E-state index in [0.717, 1.165) is 75.2 Å². The molecule has 0 radical (unpaired) electrons. The maximum atomic E-state index is 13.2. The maximum Gasteiger partial charge on any atom is 0.230 e. The van der Waals surface area contributed by atoms with Crippen molar-refractivity contribution < 1.29 is 4.79 Å². The number of allylic oxidation sites excluding steroid dienone is 1. The molecule has 5 heteroatoms. The first-order valence-electron chi connectivity index (χ1n) is 12.8. The monoisotopic (exact) mass is 434 g/mol. The summed E-state index contributed by atoms with van der Waals surface area (Å²) >= 11 is 0. The van der Waals surface area contributed by atoms with Gasteiger partial charge >= 0.3 is 0 Å². The molecule has 172 valence electrons. The third kappa shape index (κ3) is 4.36. The van der Waals surface area contributed by atoms with Crippen LogP contribution < -0.4 is 16.0 Å². The zero-order valence-corrected chi connectivity index (χ0v) is 19.5. The summed E-state index contributed by atoms with van der Waals surface area (Å²) in [5.74, 6) is 1.34. The molecule has 1 unspecified atom stereocenters. The lowest BCUT2D eigenvalue weighted by atomic mass is 9.76. The molecule has 1 amide bonds. The molecule has 0 aromatic heterocycles. The van der Waals surface area contributed by atoms with Crippen LogP contribution in [0, 0.1) is 11.8 Å². The van der Waals surface area contributed by atoms with Gasteiger partial charge in [-0.3, -0.25) is 9.79 Å². The summed E-state index contributed by atoms with van der Waals surface area (Å²) in [7, 11) is 0. The molecule has 2 saturated carbocycles. The summed E-state index contributed by atoms with van der Waals surface area (Å²) in [6.07, 6.45) is 15.2. The summed E-state index contributed by atoms with van der Waals surface area (Å²) in [6, 6.07) is 5.06. The fourth-order valence-corrected chi connectivity index (χ4v) is 5.60. The molecule has 5 rings (SSSR count). The van der Waals surface area contributed by atoms with Crippen molar-refractivity contribution in [3.05, 3.63) is 35.0 Å². The van der Waals surface area contributed by atoms with E-state index in [1.165, 1.54) is 36.0 Å². The van der Waals surface area contributed by atoms with Gasteiger partial charge in [-0.25, -0.2) is 0 Å². The van der Waals surface area contributed by atoms with Crippen LogP contribution in [0.25, 0.3) is 5.57 Å². The van der Waals surface area contributed by atoms with Crippen molar-refractivity contribution in [2.75, 3.05) is 18.0 Å². The van der Waals surface area contributed by atoms with Crippen LogP contribution in [0.15, 0.2) is 23.3 Å². The van der Waals surface area contributed by atoms with Gasteiger partial charge in [-0.15, -0.1) is 0 Å². The van der Waals surface area contributed by atoms with Gasteiger partial charge in [-0.1, -0.05) is 25.3 Å². The molecule has 3 N–H and O–H groups in total. The number of fused-ring (bicyclic) bond motifs is 1. The van der Waals surface area contributed by atoms with Crippen LogP contribution in [0.4, 0.5) is 5.69 Å². The number of amides is 1. The summed E-state index contributed by atoms with van der Waals surface area (Å²) in [5, 5.41) is 3.41. The Kier molecular flexibility index (Phi) is 6.36. The SMILES string of the molecule is CC1CCc2c(ccc(C(C=NC3CCNCC3)=CN)c2CC2CCC2)N1C(=O)C1CC1. The average Bonchev–Trinajstić information content (AvgIpc) is 3.63. The van der Waals surface area contributed by atoms with E-state index in [1.807, 2.05) is 6.21 Å². The van der Waals surface area contributed by atoms with Crippen molar-refractivity contribution in [2.24, 2.45) is 22.6 Å². The first kappa shape index (κ1) is 21.7. The number of benzene rings is 1. The molecule has 1 saturated heterocycles. The summed E-state index contributed by atoms with van der Waals surface area (Å²) in [4.78, 5) is 20.2. The van der Waals surface area contributed by atoms with Crippen LogP contribution in [-0.2, 0) is 17.6 Å². The largest absolute Gasteiger partial charge is 0.404 e. The molecule has 32 heavy (non-hydrogen) atoms. The van der Waals surface area contributed by atoms with Crippen LogP contribution in [0.3, 0.4) is 0 Å². The van der Waals surface area contributed by atoms with Gasteiger partial charge in [0.1, 0.15) is 0 Å². The Balaban J connectivity index is 1.50. The van der Waals surface area contributed by atoms with E-state index in [-0.39, 0.29) is 12.0 Å². The van der Waals surface area contributed by atoms with Crippen molar-refractivity contribution in [2.45, 2.75) is 83.2 Å². The van der Waals surface area contributed by atoms with E-state index in [9.17, 15) is 4.79 Å². The number of aliphatic imine (C=N–C) groups is 1. The summed E-state index contributed by atoms with van der Waals surface area (Å²) < 4.78 is 0. The van der Waals surface area contributed by atoms with Crippen LogP contribution in [0.1, 0.15) is 75.0 Å². The first-order chi connectivity index (χ1) is 15.7. The van der Waals surface area contributed by atoms with Crippen molar-refractivity contribution in [3.8, 4) is 0 Å². The number of nitrogens with two attached hydrogens (primary N) is 1. The predicted molar refractivity (Wildman–Crippen MR) is 132 cm³/mol. The second-order valence-electron chi connectivity index (χ2n) is 10.3. The van der Waals surface area contributed by atoms with Gasteiger partial charge in [0.05, 0.1) is 6.04 Å². The first-order valence-corrected chi connectivity index (χ1v) is 12.8. The second kappa shape index (κ2) is 9.38. The van der Waals surface area contributed by atoms with Crippen LogP contribution >= 0.6 is 0 Å². The van der Waals surface area contributed by atoms with Gasteiger partial charge in [0, 0.05) is 35.6 Å². The normalized spacial score (nSPS) is 25.1. The van der Waals surface area contributed by atoms with E-state index >= 15 is 0 Å². The molecule has 0 spiro atoms. The third-order valence-electron chi connectivity index (χ3n) is 8.02. The summed E-state index contributed by atoms with van der Waals surface area (Å²) in [5.41, 5.74) is 12.4. The standard InChI is InChI=1S/C27H38N4O/c1-18-5-8-24-25(15-19-3-2-4-19)23(9-10-26(24)31(18)27(32)20-6-7-20)21(16-28)17-30-22-11-13-29-14-12-22/h9-10,16-20,22,29H,2-8,11-15,28H2,1H3. The zero-order chi connectivity index (χ0) is 22.1. The second-order valence-corrected chi connectivity index (χ2v) is 10.3. The number of anilines is 1. The number of piperidine rings is 1. The fourth-order valence-electron chi connectivity index (χ4n) is 5.60. The van der Waals surface area contributed by atoms with Gasteiger partial charge in [-0.2, -0.15) is 0 Å². The molecule has 1 aromatic rings. The lowest BCUT2D eigenvalue weighted by Gasteiger charge is -2.38. The van der Waals surface area contributed by atoms with Gasteiger partial charge < -0.3 is 16.0 Å². The van der Waals surface area contributed by atoms with E-state index in [1.54, 1.807) is 6.20 Å². The Bertz CT molecular complexity index is 906. The average molecular weight is 435 g/mol. The highest BCUT2D eigenvalue weighted by Crippen LogP contribution is 2.42. The smallest absolute Gasteiger partial charge is 0.230 e. The predicted octanol–water partition coefficient (Wildman–Crippen LogP) is 4.23. The van der Waals surface area contributed by atoms with Crippen molar-refractivity contribution in [1.82, 2.24) is 5.32 Å². The third-order valence-corrected chi connectivity index (χ3v) is 8.02. The highest BCUT2D eigenvalue weighted by atomic mass is 16.2. The molecule has 0 bridgehead atoms. The Morgan fingerprint density at radius 2 is 1.94 bits per heavy atom. The molecule has 3 fully saturated rings. The minimum atomic E-state index is 0.245. The number of carbonyl (C=O) groups excluding carboxylic acids is 1. The Morgan fingerprint density at radius 3 is 2.59 bits per heavy atom. The van der Waals surface area contributed by atoms with Crippen molar-refractivity contribution in [1.29, 1.82) is 0 Å². The molecule has 1 atom stereocenters. The van der Waals surface area contributed by atoms with E-state index < -0.39 is 0 Å². The van der Waals surface area contributed by atoms with Gasteiger partial charge in [0.25, 0.3) is 0 Å². The Hall–Kier alpha value is -2.14. The molecular formula is C27H38N4O. The zero-order valence-electron chi connectivity index (χ0n) is 19.5. The highest BCUT2D eigenvalue weighted by molar-refractivity contribution is 6.11. The number of carbonyl (C=O) groups is 1. The van der Waals surface area contributed by atoms with Gasteiger partial charge in [-0.05, 0) is 93.6 Å². The topological polar surface area (TPSA) is 70.7 Å².